The van der Waals surface area contributed by atoms with Crippen LogP contribution in [-0.2, 0) is 0 Å². The molecule has 98 valence electrons. The van der Waals surface area contributed by atoms with Crippen LogP contribution in [-0.4, -0.2) is 18.3 Å². The van der Waals surface area contributed by atoms with Gasteiger partial charge in [0.15, 0.2) is 5.75 Å². The highest BCUT2D eigenvalue weighted by Crippen LogP contribution is 2.34. The molecule has 0 saturated heterocycles. The number of hydrazone groups is 1. The van der Waals surface area contributed by atoms with Crippen molar-refractivity contribution in [2.75, 3.05) is 0 Å². The molecule has 1 aromatic rings. The number of nitrogens with two attached hydrogens (primary N) is 1. The Labute approximate surface area is 115 Å². The Morgan fingerprint density at radius 1 is 1.44 bits per heavy atom. The lowest BCUT2D eigenvalue weighted by molar-refractivity contribution is 0.242. The Balaban J connectivity index is 2.92. The van der Waals surface area contributed by atoms with Gasteiger partial charge in [-0.25, -0.2) is 10.2 Å². The van der Waals surface area contributed by atoms with Gasteiger partial charge in [0.2, 0.25) is 0 Å². The van der Waals surface area contributed by atoms with E-state index in [4.69, 9.17) is 33.7 Å². The number of nitrogens with zero attached hydrogens (tertiary/aromatic N) is 1. The summed E-state index contributed by atoms with van der Waals surface area (Å²) < 4.78 is 5.48. The van der Waals surface area contributed by atoms with Crippen molar-refractivity contribution < 1.29 is 9.53 Å². The summed E-state index contributed by atoms with van der Waals surface area (Å²) in [5.41, 5.74) is 7.55. The molecular weight excluding hydrogens is 277 g/mol. The molecule has 3 N–H and O–H groups in total. The molecule has 0 unspecified atom stereocenters. The first-order chi connectivity index (χ1) is 8.40. The Bertz CT molecular complexity index is 452. The number of carbonyl (C=O) groups excluding carboxylic acids is 1. The van der Waals surface area contributed by atoms with Crippen LogP contribution < -0.4 is 15.9 Å². The van der Waals surface area contributed by atoms with Crippen LogP contribution in [0.15, 0.2) is 17.2 Å². The first-order valence-corrected chi connectivity index (χ1v) is 5.90. The number of hydrogen-bond acceptors (Lipinski definition) is 3. The van der Waals surface area contributed by atoms with Gasteiger partial charge in [-0.1, -0.05) is 23.2 Å². The minimum atomic E-state index is -0.747. The van der Waals surface area contributed by atoms with Crippen LogP contribution in [0.3, 0.4) is 0 Å². The second-order valence-corrected chi connectivity index (χ2v) is 4.53. The van der Waals surface area contributed by atoms with Crippen LogP contribution in [0, 0.1) is 0 Å². The first kappa shape index (κ1) is 14.6. The molecule has 0 saturated carbocycles. The zero-order valence-corrected chi connectivity index (χ0v) is 11.4. The average Bonchev–Trinajstić information content (AvgIpc) is 2.22. The molecule has 0 aromatic heterocycles. The lowest BCUT2D eigenvalue weighted by Crippen LogP contribution is -2.24. The van der Waals surface area contributed by atoms with Gasteiger partial charge >= 0.3 is 6.03 Å². The van der Waals surface area contributed by atoms with E-state index in [0.717, 1.165) is 0 Å². The van der Waals surface area contributed by atoms with Gasteiger partial charge in [0.1, 0.15) is 0 Å². The number of hydrogen-bond donors (Lipinski definition) is 2. The molecular formula is C11H13Cl2N3O2. The fourth-order valence-electron chi connectivity index (χ4n) is 1.17. The largest absolute Gasteiger partial charge is 0.488 e. The van der Waals surface area contributed by atoms with E-state index in [-0.39, 0.29) is 6.10 Å². The summed E-state index contributed by atoms with van der Waals surface area (Å²) >= 11 is 12.1. The molecule has 1 rings (SSSR count). The van der Waals surface area contributed by atoms with Gasteiger partial charge in [0.05, 0.1) is 22.4 Å². The van der Waals surface area contributed by atoms with E-state index in [0.29, 0.717) is 21.4 Å². The number of rotatable bonds is 4. The monoisotopic (exact) mass is 289 g/mol. The maximum absolute atomic E-state index is 10.4. The third-order valence-electron chi connectivity index (χ3n) is 1.76. The van der Waals surface area contributed by atoms with Crippen LogP contribution in [0.1, 0.15) is 19.4 Å². The quantitative estimate of drug-likeness (QED) is 0.660. The van der Waals surface area contributed by atoms with Gasteiger partial charge in [-0.2, -0.15) is 5.10 Å². The Kier molecular flexibility index (Phi) is 5.25. The molecule has 0 spiro atoms. The van der Waals surface area contributed by atoms with Gasteiger partial charge < -0.3 is 10.5 Å². The van der Waals surface area contributed by atoms with Gasteiger partial charge in [-0.3, -0.25) is 0 Å². The van der Waals surface area contributed by atoms with Gasteiger partial charge in [-0.15, -0.1) is 0 Å². The summed E-state index contributed by atoms with van der Waals surface area (Å²) in [5.74, 6) is 0.424. The second kappa shape index (κ2) is 6.47. The smallest absolute Gasteiger partial charge is 0.332 e. The minimum Gasteiger partial charge on any atom is -0.488 e. The summed E-state index contributed by atoms with van der Waals surface area (Å²) in [6.07, 6.45) is 1.35. The summed E-state index contributed by atoms with van der Waals surface area (Å²) in [6.45, 7) is 3.75. The zero-order chi connectivity index (χ0) is 13.7. The van der Waals surface area contributed by atoms with Crippen molar-refractivity contribution in [3.8, 4) is 5.75 Å². The Morgan fingerprint density at radius 3 is 2.44 bits per heavy atom. The van der Waals surface area contributed by atoms with E-state index < -0.39 is 6.03 Å². The predicted octanol–water partition coefficient (Wildman–Crippen LogP) is 2.78. The van der Waals surface area contributed by atoms with Crippen molar-refractivity contribution in [2.45, 2.75) is 20.0 Å². The number of halogens is 2. The molecule has 2 amide bonds. The van der Waals surface area contributed by atoms with Crippen LogP contribution in [0.25, 0.3) is 0 Å². The number of ether oxygens (including phenoxy) is 1. The lowest BCUT2D eigenvalue weighted by Gasteiger charge is -2.13. The number of benzene rings is 1. The molecule has 0 aliphatic carbocycles. The molecule has 0 fully saturated rings. The molecule has 0 atom stereocenters. The average molecular weight is 290 g/mol. The first-order valence-electron chi connectivity index (χ1n) is 5.14. The third kappa shape index (κ3) is 4.43. The molecule has 0 bridgehead atoms. The highest BCUT2D eigenvalue weighted by atomic mass is 35.5. The third-order valence-corrected chi connectivity index (χ3v) is 2.32. The molecule has 18 heavy (non-hydrogen) atoms. The number of nitrogens with one attached hydrogen (secondary N) is 1. The van der Waals surface area contributed by atoms with Crippen LogP contribution in [0.4, 0.5) is 4.79 Å². The second-order valence-electron chi connectivity index (χ2n) is 3.71. The van der Waals surface area contributed by atoms with Crippen molar-refractivity contribution in [1.29, 1.82) is 0 Å². The van der Waals surface area contributed by atoms with E-state index in [9.17, 15) is 4.79 Å². The lowest BCUT2D eigenvalue weighted by atomic mass is 10.2. The standard InChI is InChI=1S/C11H13Cl2N3O2/c1-6(2)18-10-8(12)3-7(4-9(10)13)5-15-16-11(14)17/h3-6H,1-2H3,(H3,14,16,17)/b15-5-. The number of primary amides is 1. The van der Waals surface area contributed by atoms with Crippen LogP contribution >= 0.6 is 23.2 Å². The van der Waals surface area contributed by atoms with E-state index in [1.165, 1.54) is 6.21 Å². The molecule has 7 heteroatoms. The van der Waals surface area contributed by atoms with Crippen molar-refractivity contribution >= 4 is 35.4 Å². The topological polar surface area (TPSA) is 76.7 Å². The highest BCUT2D eigenvalue weighted by molar-refractivity contribution is 6.37. The minimum absolute atomic E-state index is 0.0314. The fourth-order valence-corrected chi connectivity index (χ4v) is 1.77. The summed E-state index contributed by atoms with van der Waals surface area (Å²) in [7, 11) is 0. The fraction of sp³-hybridized carbons (Fsp3) is 0.273. The maximum Gasteiger partial charge on any atom is 0.332 e. The molecule has 5 nitrogen and oxygen atoms in total. The molecule has 0 radical (unpaired) electrons. The molecule has 0 aliphatic heterocycles. The van der Waals surface area contributed by atoms with Crippen molar-refractivity contribution in [1.82, 2.24) is 5.43 Å². The molecule has 1 aromatic carbocycles. The van der Waals surface area contributed by atoms with E-state index >= 15 is 0 Å². The SMILES string of the molecule is CC(C)Oc1c(Cl)cc(/C=N\NC(N)=O)cc1Cl. The highest BCUT2D eigenvalue weighted by Gasteiger charge is 2.10. The van der Waals surface area contributed by atoms with Crippen molar-refractivity contribution in [3.05, 3.63) is 27.7 Å². The van der Waals surface area contributed by atoms with E-state index in [1.807, 2.05) is 13.8 Å². The number of amides is 2. The number of urea groups is 1. The van der Waals surface area contributed by atoms with Gasteiger partial charge in [0, 0.05) is 0 Å². The normalized spacial score (nSPS) is 10.9. The summed E-state index contributed by atoms with van der Waals surface area (Å²) in [6, 6.07) is 2.50. The Hall–Kier alpha value is -1.46. The van der Waals surface area contributed by atoms with E-state index in [2.05, 4.69) is 10.5 Å². The maximum atomic E-state index is 10.4. The molecule has 0 aliphatic rings. The van der Waals surface area contributed by atoms with Crippen LogP contribution in [0.5, 0.6) is 5.75 Å². The van der Waals surface area contributed by atoms with Gasteiger partial charge in [0.25, 0.3) is 0 Å². The molecule has 0 heterocycles. The predicted molar refractivity (Wildman–Crippen MR) is 72.5 cm³/mol. The van der Waals surface area contributed by atoms with Gasteiger partial charge in [-0.05, 0) is 31.5 Å². The number of carbonyl (C=O) groups is 1. The summed E-state index contributed by atoms with van der Waals surface area (Å²) in [5, 5.41) is 4.35. The summed E-state index contributed by atoms with van der Waals surface area (Å²) in [4.78, 5) is 10.4. The van der Waals surface area contributed by atoms with Crippen molar-refractivity contribution in [3.63, 3.8) is 0 Å². The van der Waals surface area contributed by atoms with Crippen molar-refractivity contribution in [2.24, 2.45) is 10.8 Å². The zero-order valence-electron chi connectivity index (χ0n) is 9.91. The Morgan fingerprint density at radius 2 is 2.00 bits per heavy atom. The van der Waals surface area contributed by atoms with Crippen LogP contribution in [0.2, 0.25) is 10.0 Å². The van der Waals surface area contributed by atoms with E-state index in [1.54, 1.807) is 12.1 Å².